The Morgan fingerprint density at radius 1 is 1.40 bits per heavy atom. The van der Waals surface area contributed by atoms with Crippen LogP contribution in [0.2, 0.25) is 0 Å². The van der Waals surface area contributed by atoms with Gasteiger partial charge in [0.2, 0.25) is 5.95 Å². The molecule has 0 bridgehead atoms. The summed E-state index contributed by atoms with van der Waals surface area (Å²) in [5.74, 6) is -0.0892. The molecule has 1 saturated heterocycles. The Morgan fingerprint density at radius 3 is 2.72 bits per heavy atom. The van der Waals surface area contributed by atoms with Gasteiger partial charge in [0.25, 0.3) is 5.56 Å². The Balaban J connectivity index is 1.93. The zero-order chi connectivity index (χ0) is 18.5. The number of nitrogen functional groups attached to an aromatic ring is 1. The zero-order valence-electron chi connectivity index (χ0n) is 12.8. The molecular formula is C11H16N5O8P. The summed E-state index contributed by atoms with van der Waals surface area (Å²) < 4.78 is 22.8. The quantitative estimate of drug-likeness (QED) is 0.352. The molecular weight excluding hydrogens is 361 g/mol. The van der Waals surface area contributed by atoms with Gasteiger partial charge in [-0.2, -0.15) is 4.98 Å². The molecule has 4 atom stereocenters. The number of hydrogen-bond acceptors (Lipinski definition) is 9. The third-order valence-electron chi connectivity index (χ3n) is 3.86. The molecule has 2 aromatic rings. The molecule has 25 heavy (non-hydrogen) atoms. The van der Waals surface area contributed by atoms with E-state index in [1.165, 1.54) is 17.9 Å². The number of nitrogens with zero attached hydrogens (tertiary/aromatic N) is 4. The molecule has 3 heterocycles. The van der Waals surface area contributed by atoms with E-state index in [2.05, 4.69) is 14.5 Å². The molecule has 0 unspecified atom stereocenters. The summed E-state index contributed by atoms with van der Waals surface area (Å²) in [5.41, 5.74) is 5.16. The Kier molecular flexibility index (Phi) is 4.41. The number of rotatable bonds is 4. The average Bonchev–Trinajstić information content (AvgIpc) is 3.05. The van der Waals surface area contributed by atoms with Crippen molar-refractivity contribution in [3.05, 3.63) is 16.7 Å². The number of phosphoric ester groups is 1. The van der Waals surface area contributed by atoms with Crippen LogP contribution in [0, 0.1) is 0 Å². The van der Waals surface area contributed by atoms with Gasteiger partial charge in [-0.25, -0.2) is 9.55 Å². The molecule has 2 aromatic heterocycles. The number of fused-ring (bicyclic) bond motifs is 1. The second-order valence-corrected chi connectivity index (χ2v) is 6.73. The molecule has 0 amide bonds. The molecule has 1 aliphatic rings. The summed E-state index contributed by atoms with van der Waals surface area (Å²) in [6.07, 6.45) is -4.20. The fourth-order valence-corrected chi connectivity index (χ4v) is 2.86. The molecule has 0 spiro atoms. The second kappa shape index (κ2) is 6.14. The normalized spacial score (nSPS) is 27.2. The summed E-state index contributed by atoms with van der Waals surface area (Å²) >= 11 is 0. The number of ether oxygens (including phenoxy) is 1. The number of phosphoric acid groups is 1. The molecule has 0 radical (unpaired) electrons. The third kappa shape index (κ3) is 3.18. The Hall–Kier alpha value is -1.86. The van der Waals surface area contributed by atoms with Crippen LogP contribution in [0.15, 0.2) is 11.1 Å². The van der Waals surface area contributed by atoms with E-state index in [0.717, 1.165) is 4.57 Å². The first kappa shape index (κ1) is 17.9. The maximum Gasteiger partial charge on any atom is 0.469 e. The molecule has 0 aliphatic carbocycles. The van der Waals surface area contributed by atoms with Crippen molar-refractivity contribution < 1.29 is 33.8 Å². The van der Waals surface area contributed by atoms with E-state index in [-0.39, 0.29) is 17.1 Å². The lowest BCUT2D eigenvalue weighted by atomic mass is 10.1. The summed E-state index contributed by atoms with van der Waals surface area (Å²) in [6, 6.07) is 0. The van der Waals surface area contributed by atoms with Crippen LogP contribution in [0.25, 0.3) is 11.2 Å². The molecule has 6 N–H and O–H groups in total. The molecule has 14 heteroatoms. The minimum absolute atomic E-state index is 0.0168. The van der Waals surface area contributed by atoms with E-state index < -0.39 is 44.5 Å². The van der Waals surface area contributed by atoms with Crippen molar-refractivity contribution in [2.75, 3.05) is 12.3 Å². The first-order valence-corrected chi connectivity index (χ1v) is 8.54. The number of aliphatic hydroxyl groups excluding tert-OH is 2. The maximum atomic E-state index is 12.1. The Labute approximate surface area is 139 Å². The van der Waals surface area contributed by atoms with Gasteiger partial charge >= 0.3 is 7.82 Å². The molecule has 13 nitrogen and oxygen atoms in total. The maximum absolute atomic E-state index is 12.1. The van der Waals surface area contributed by atoms with Crippen LogP contribution in [0.3, 0.4) is 0 Å². The highest BCUT2D eigenvalue weighted by Gasteiger charge is 2.45. The molecule has 0 aromatic carbocycles. The number of anilines is 1. The predicted octanol–water partition coefficient (Wildman–Crippen LogP) is -2.56. The molecule has 3 rings (SSSR count). The van der Waals surface area contributed by atoms with Gasteiger partial charge < -0.3 is 30.5 Å². The molecule has 138 valence electrons. The van der Waals surface area contributed by atoms with Gasteiger partial charge in [-0.3, -0.25) is 18.5 Å². The summed E-state index contributed by atoms with van der Waals surface area (Å²) in [4.78, 5) is 37.5. The number of hydrogen-bond donors (Lipinski definition) is 5. The van der Waals surface area contributed by atoms with Crippen LogP contribution in [0.1, 0.15) is 6.23 Å². The molecule has 0 saturated carbocycles. The second-order valence-electron chi connectivity index (χ2n) is 5.49. The van der Waals surface area contributed by atoms with E-state index in [4.69, 9.17) is 20.3 Å². The summed E-state index contributed by atoms with van der Waals surface area (Å²) in [7, 11) is -3.35. The molecule has 1 fully saturated rings. The van der Waals surface area contributed by atoms with Crippen LogP contribution in [0.5, 0.6) is 0 Å². The number of aromatic nitrogens is 4. The van der Waals surface area contributed by atoms with Crippen molar-refractivity contribution >= 4 is 24.9 Å². The summed E-state index contributed by atoms with van der Waals surface area (Å²) in [6.45, 7) is -0.650. The average molecular weight is 377 g/mol. The van der Waals surface area contributed by atoms with Crippen LogP contribution < -0.4 is 11.3 Å². The van der Waals surface area contributed by atoms with E-state index in [1.54, 1.807) is 0 Å². The van der Waals surface area contributed by atoms with Gasteiger partial charge in [0.15, 0.2) is 17.4 Å². The van der Waals surface area contributed by atoms with E-state index in [9.17, 15) is 19.6 Å². The van der Waals surface area contributed by atoms with E-state index >= 15 is 0 Å². The van der Waals surface area contributed by atoms with Crippen LogP contribution in [0.4, 0.5) is 5.95 Å². The zero-order valence-corrected chi connectivity index (χ0v) is 13.7. The van der Waals surface area contributed by atoms with Gasteiger partial charge in [0.05, 0.1) is 12.9 Å². The topological polar surface area (TPSA) is 195 Å². The van der Waals surface area contributed by atoms with Crippen LogP contribution in [-0.4, -0.2) is 64.0 Å². The lowest BCUT2D eigenvalue weighted by Crippen LogP contribution is -2.33. The summed E-state index contributed by atoms with van der Waals surface area (Å²) in [5, 5.41) is 20.2. The first-order chi connectivity index (χ1) is 11.6. The Bertz CT molecular complexity index is 906. The molecule has 1 aliphatic heterocycles. The largest absolute Gasteiger partial charge is 0.469 e. The van der Waals surface area contributed by atoms with Crippen molar-refractivity contribution in [3.8, 4) is 0 Å². The van der Waals surface area contributed by atoms with Gasteiger partial charge in [-0.05, 0) is 0 Å². The van der Waals surface area contributed by atoms with Gasteiger partial charge in [-0.1, -0.05) is 0 Å². The van der Waals surface area contributed by atoms with Crippen LogP contribution >= 0.6 is 7.82 Å². The lowest BCUT2D eigenvalue weighted by Gasteiger charge is -2.16. The Morgan fingerprint density at radius 2 is 2.08 bits per heavy atom. The highest BCUT2D eigenvalue weighted by Crippen LogP contribution is 2.38. The third-order valence-corrected chi connectivity index (χ3v) is 4.34. The lowest BCUT2D eigenvalue weighted by molar-refractivity contribution is -0.0503. The van der Waals surface area contributed by atoms with Crippen molar-refractivity contribution in [3.63, 3.8) is 0 Å². The monoisotopic (exact) mass is 377 g/mol. The van der Waals surface area contributed by atoms with E-state index in [1.807, 2.05) is 0 Å². The highest BCUT2D eigenvalue weighted by molar-refractivity contribution is 7.46. The van der Waals surface area contributed by atoms with Gasteiger partial charge in [0, 0.05) is 7.05 Å². The van der Waals surface area contributed by atoms with E-state index in [0.29, 0.717) is 0 Å². The van der Waals surface area contributed by atoms with Crippen molar-refractivity contribution in [1.82, 2.24) is 19.1 Å². The smallest absolute Gasteiger partial charge is 0.387 e. The minimum Gasteiger partial charge on any atom is -0.387 e. The van der Waals surface area contributed by atoms with Gasteiger partial charge in [0.1, 0.15) is 18.3 Å². The van der Waals surface area contributed by atoms with Crippen molar-refractivity contribution in [2.45, 2.75) is 24.5 Å². The van der Waals surface area contributed by atoms with Crippen molar-refractivity contribution in [2.24, 2.45) is 7.05 Å². The minimum atomic E-state index is -4.77. The van der Waals surface area contributed by atoms with Crippen LogP contribution in [-0.2, 0) is 20.9 Å². The standard InChI is InChI=1S/C11H16N5O8P/c1-15-9(19)5-8(14-11(15)12)16(3-13-5)10-7(18)6(17)4(24-10)2-23-25(20,21)22/h3-4,6-7,10,17-18H,2H2,1H3,(H2,12,14)(H2,20,21,22)/t4-,6-,7-,10-/m1/s1. The highest BCUT2D eigenvalue weighted by atomic mass is 31.2. The SMILES string of the molecule is Cn1c(N)nc2c(ncn2[C@@H]2O[C@H](COP(=O)(O)O)[C@@H](O)[C@H]2O)c1=O. The van der Waals surface area contributed by atoms with Gasteiger partial charge in [-0.15, -0.1) is 0 Å². The number of nitrogens with two attached hydrogens (primary N) is 1. The fourth-order valence-electron chi connectivity index (χ4n) is 2.52. The predicted molar refractivity (Wildman–Crippen MR) is 81.1 cm³/mol. The number of imidazole rings is 1. The fraction of sp³-hybridized carbons (Fsp3) is 0.545. The first-order valence-electron chi connectivity index (χ1n) is 7.01. The van der Waals surface area contributed by atoms with Crippen molar-refractivity contribution in [1.29, 1.82) is 0 Å². The number of aliphatic hydroxyl groups is 2.